The lowest BCUT2D eigenvalue weighted by Crippen LogP contribution is -2.39. The monoisotopic (exact) mass is 351 g/mol. The van der Waals surface area contributed by atoms with Gasteiger partial charge in [0.15, 0.2) is 0 Å². The van der Waals surface area contributed by atoms with Gasteiger partial charge in [-0.1, -0.05) is 6.92 Å². The van der Waals surface area contributed by atoms with E-state index in [0.29, 0.717) is 18.4 Å². The van der Waals surface area contributed by atoms with E-state index in [0.717, 1.165) is 54.6 Å². The van der Waals surface area contributed by atoms with Crippen molar-refractivity contribution in [3.05, 3.63) is 35.8 Å². The van der Waals surface area contributed by atoms with E-state index in [1.54, 1.807) is 0 Å². The number of rotatable bonds is 3. The lowest BCUT2D eigenvalue weighted by Gasteiger charge is -2.24. The quantitative estimate of drug-likeness (QED) is 0.851. The van der Waals surface area contributed by atoms with Crippen LogP contribution in [0.4, 0.5) is 5.95 Å². The maximum atomic E-state index is 12.2. The number of hydrogen-bond acceptors (Lipinski definition) is 5. The van der Waals surface area contributed by atoms with E-state index in [1.807, 2.05) is 39.1 Å². The van der Waals surface area contributed by atoms with Gasteiger partial charge < -0.3 is 9.80 Å². The van der Waals surface area contributed by atoms with Gasteiger partial charge in [0, 0.05) is 55.1 Å². The Hall–Kier alpha value is -2.50. The van der Waals surface area contributed by atoms with Gasteiger partial charge in [-0.15, -0.1) is 0 Å². The molecule has 0 saturated carbocycles. The lowest BCUT2D eigenvalue weighted by molar-refractivity contribution is -0.131. The fourth-order valence-corrected chi connectivity index (χ4v) is 4.25. The van der Waals surface area contributed by atoms with E-state index in [9.17, 15) is 4.79 Å². The summed E-state index contributed by atoms with van der Waals surface area (Å²) in [5.74, 6) is 1.54. The SMILES string of the molecule is CCC(=O)N1CC[C@H]2CN(c3nccc(-c4ccc(C)nc4C)n3)C[C@H]21. The van der Waals surface area contributed by atoms with Gasteiger partial charge in [-0.05, 0) is 38.5 Å². The number of aromatic nitrogens is 3. The molecule has 136 valence electrons. The zero-order chi connectivity index (χ0) is 18.3. The van der Waals surface area contributed by atoms with Crippen molar-refractivity contribution in [1.82, 2.24) is 19.9 Å². The summed E-state index contributed by atoms with van der Waals surface area (Å²) in [6.07, 6.45) is 3.47. The predicted octanol–water partition coefficient (Wildman–Crippen LogP) is 2.60. The van der Waals surface area contributed by atoms with Gasteiger partial charge in [-0.3, -0.25) is 9.78 Å². The summed E-state index contributed by atoms with van der Waals surface area (Å²) in [6.45, 7) is 8.59. The fourth-order valence-electron chi connectivity index (χ4n) is 4.25. The van der Waals surface area contributed by atoms with Crippen molar-refractivity contribution in [3.63, 3.8) is 0 Å². The van der Waals surface area contributed by atoms with Crippen LogP contribution in [0.1, 0.15) is 31.2 Å². The van der Waals surface area contributed by atoms with E-state index >= 15 is 0 Å². The first-order chi connectivity index (χ1) is 12.6. The van der Waals surface area contributed by atoms with Gasteiger partial charge in [0.1, 0.15) is 0 Å². The van der Waals surface area contributed by atoms with E-state index in [4.69, 9.17) is 4.98 Å². The molecule has 26 heavy (non-hydrogen) atoms. The van der Waals surface area contributed by atoms with Crippen LogP contribution in [0.15, 0.2) is 24.4 Å². The molecule has 0 aliphatic carbocycles. The molecule has 0 radical (unpaired) electrons. The Morgan fingerprint density at radius 1 is 1.19 bits per heavy atom. The summed E-state index contributed by atoms with van der Waals surface area (Å²) in [4.78, 5) is 30.3. The Balaban J connectivity index is 1.57. The third kappa shape index (κ3) is 2.93. The lowest BCUT2D eigenvalue weighted by atomic mass is 10.1. The number of carbonyl (C=O) groups is 1. The first-order valence-corrected chi connectivity index (χ1v) is 9.39. The number of likely N-dealkylation sites (tertiary alicyclic amines) is 1. The van der Waals surface area contributed by atoms with Crippen molar-refractivity contribution in [3.8, 4) is 11.3 Å². The second kappa shape index (κ2) is 6.67. The molecule has 2 atom stereocenters. The van der Waals surface area contributed by atoms with Crippen LogP contribution in [-0.4, -0.2) is 51.4 Å². The highest BCUT2D eigenvalue weighted by atomic mass is 16.2. The summed E-state index contributed by atoms with van der Waals surface area (Å²) in [5.41, 5.74) is 3.93. The molecule has 0 bridgehead atoms. The molecule has 2 fully saturated rings. The van der Waals surface area contributed by atoms with E-state index < -0.39 is 0 Å². The largest absolute Gasteiger partial charge is 0.338 e. The van der Waals surface area contributed by atoms with Crippen LogP contribution in [0.3, 0.4) is 0 Å². The topological polar surface area (TPSA) is 62.2 Å². The Bertz CT molecular complexity index is 837. The normalized spacial score (nSPS) is 22.0. The van der Waals surface area contributed by atoms with Crippen molar-refractivity contribution < 1.29 is 4.79 Å². The molecule has 0 spiro atoms. The molecule has 2 aliphatic heterocycles. The molecule has 4 rings (SSSR count). The van der Waals surface area contributed by atoms with Gasteiger partial charge in [-0.25, -0.2) is 9.97 Å². The summed E-state index contributed by atoms with van der Waals surface area (Å²) in [7, 11) is 0. The number of amides is 1. The second-order valence-electron chi connectivity index (χ2n) is 7.29. The first kappa shape index (κ1) is 16.9. The molecule has 2 aromatic rings. The Kier molecular flexibility index (Phi) is 4.34. The fraction of sp³-hybridized carbons (Fsp3) is 0.500. The molecule has 2 saturated heterocycles. The molecule has 0 aromatic carbocycles. The van der Waals surface area contributed by atoms with Crippen LogP contribution in [-0.2, 0) is 4.79 Å². The summed E-state index contributed by atoms with van der Waals surface area (Å²) in [5, 5.41) is 0. The van der Waals surface area contributed by atoms with Crippen molar-refractivity contribution in [2.75, 3.05) is 24.5 Å². The zero-order valence-electron chi connectivity index (χ0n) is 15.6. The van der Waals surface area contributed by atoms with Crippen LogP contribution >= 0.6 is 0 Å². The van der Waals surface area contributed by atoms with Crippen LogP contribution in [0.2, 0.25) is 0 Å². The number of pyridine rings is 1. The average Bonchev–Trinajstić information content (AvgIpc) is 3.22. The first-order valence-electron chi connectivity index (χ1n) is 9.39. The minimum atomic E-state index is 0.260. The van der Waals surface area contributed by atoms with Crippen LogP contribution in [0.5, 0.6) is 0 Å². The number of carbonyl (C=O) groups excluding carboxylic acids is 1. The Morgan fingerprint density at radius 2 is 2.04 bits per heavy atom. The molecule has 2 aliphatic rings. The van der Waals surface area contributed by atoms with Crippen molar-refractivity contribution >= 4 is 11.9 Å². The predicted molar refractivity (Wildman–Crippen MR) is 101 cm³/mol. The van der Waals surface area contributed by atoms with E-state index in [2.05, 4.69) is 25.8 Å². The number of hydrogen-bond donors (Lipinski definition) is 0. The van der Waals surface area contributed by atoms with Gasteiger partial charge in [-0.2, -0.15) is 0 Å². The van der Waals surface area contributed by atoms with Gasteiger partial charge in [0.25, 0.3) is 0 Å². The maximum Gasteiger partial charge on any atom is 0.225 e. The summed E-state index contributed by atoms with van der Waals surface area (Å²) >= 11 is 0. The Labute approximate surface area is 154 Å². The number of aryl methyl sites for hydroxylation is 2. The minimum absolute atomic E-state index is 0.260. The number of nitrogens with zero attached hydrogens (tertiary/aromatic N) is 5. The van der Waals surface area contributed by atoms with E-state index in [-0.39, 0.29) is 5.91 Å². The molecular formula is C20H25N5O. The third-order valence-corrected chi connectivity index (χ3v) is 5.60. The highest BCUT2D eigenvalue weighted by Gasteiger charge is 2.43. The highest BCUT2D eigenvalue weighted by molar-refractivity contribution is 5.76. The average molecular weight is 351 g/mol. The Morgan fingerprint density at radius 3 is 2.81 bits per heavy atom. The third-order valence-electron chi connectivity index (χ3n) is 5.60. The minimum Gasteiger partial charge on any atom is -0.338 e. The molecule has 6 nitrogen and oxygen atoms in total. The molecule has 0 N–H and O–H groups in total. The highest BCUT2D eigenvalue weighted by Crippen LogP contribution is 2.34. The zero-order valence-corrected chi connectivity index (χ0v) is 15.6. The van der Waals surface area contributed by atoms with Crippen molar-refractivity contribution in [2.24, 2.45) is 5.92 Å². The molecule has 6 heteroatoms. The van der Waals surface area contributed by atoms with Gasteiger partial charge in [0.05, 0.1) is 11.7 Å². The summed E-state index contributed by atoms with van der Waals surface area (Å²) < 4.78 is 0. The molecule has 1 amide bonds. The standard InChI is InChI=1S/C20H25N5O/c1-4-19(26)25-10-8-15-11-24(12-18(15)25)20-21-9-7-17(23-20)16-6-5-13(2)22-14(16)3/h5-7,9,15,18H,4,8,10-12H2,1-3H3/t15-,18+/m0/s1. The maximum absolute atomic E-state index is 12.2. The van der Waals surface area contributed by atoms with Crippen LogP contribution in [0, 0.1) is 19.8 Å². The molecule has 4 heterocycles. The smallest absolute Gasteiger partial charge is 0.225 e. The molecular weight excluding hydrogens is 326 g/mol. The molecule has 2 aromatic heterocycles. The number of fused-ring (bicyclic) bond motifs is 1. The summed E-state index contributed by atoms with van der Waals surface area (Å²) in [6, 6.07) is 6.33. The van der Waals surface area contributed by atoms with Gasteiger partial charge >= 0.3 is 0 Å². The van der Waals surface area contributed by atoms with Crippen LogP contribution < -0.4 is 4.90 Å². The van der Waals surface area contributed by atoms with Crippen molar-refractivity contribution in [1.29, 1.82) is 0 Å². The second-order valence-corrected chi connectivity index (χ2v) is 7.29. The molecule has 0 unspecified atom stereocenters. The van der Waals surface area contributed by atoms with Crippen molar-refractivity contribution in [2.45, 2.75) is 39.7 Å². The van der Waals surface area contributed by atoms with Gasteiger partial charge in [0.2, 0.25) is 11.9 Å². The number of anilines is 1. The van der Waals surface area contributed by atoms with Crippen LogP contribution in [0.25, 0.3) is 11.3 Å². The van der Waals surface area contributed by atoms with E-state index in [1.165, 1.54) is 0 Å².